The summed E-state index contributed by atoms with van der Waals surface area (Å²) in [6.07, 6.45) is 1.02. The Labute approximate surface area is 97.4 Å². The molecule has 0 spiro atoms. The molecule has 2 rings (SSSR count). The van der Waals surface area contributed by atoms with E-state index in [1.165, 1.54) is 0 Å². The van der Waals surface area contributed by atoms with Crippen LogP contribution in [0.4, 0.5) is 0 Å². The van der Waals surface area contributed by atoms with E-state index in [4.69, 9.17) is 0 Å². The smallest absolute Gasteiger partial charge is 0.251 e. The first-order chi connectivity index (χ1) is 7.25. The van der Waals surface area contributed by atoms with Crippen molar-refractivity contribution in [3.63, 3.8) is 0 Å². The van der Waals surface area contributed by atoms with E-state index < -0.39 is 0 Å². The Morgan fingerprint density at radius 1 is 1.40 bits per heavy atom. The number of benzene rings is 1. The molecule has 4 heteroatoms. The second-order valence-electron chi connectivity index (χ2n) is 3.67. The summed E-state index contributed by atoms with van der Waals surface area (Å²) in [6, 6.07) is 7.67. The summed E-state index contributed by atoms with van der Waals surface area (Å²) in [5.74, 6) is 0.0104. The topological polar surface area (TPSA) is 41.1 Å². The van der Waals surface area contributed by atoms with Crippen LogP contribution in [0, 0.1) is 0 Å². The number of hydrogen-bond donors (Lipinski definition) is 2. The zero-order valence-corrected chi connectivity index (χ0v) is 9.88. The van der Waals surface area contributed by atoms with E-state index in [1.54, 1.807) is 0 Å². The van der Waals surface area contributed by atoms with Crippen molar-refractivity contribution < 1.29 is 4.79 Å². The fourth-order valence-electron chi connectivity index (χ4n) is 1.65. The Kier molecular flexibility index (Phi) is 3.38. The second kappa shape index (κ2) is 4.77. The lowest BCUT2D eigenvalue weighted by Gasteiger charge is -2.10. The highest BCUT2D eigenvalue weighted by Crippen LogP contribution is 2.10. The maximum Gasteiger partial charge on any atom is 0.251 e. The maximum atomic E-state index is 11.8. The van der Waals surface area contributed by atoms with Crippen LogP contribution in [0.15, 0.2) is 28.7 Å². The fourth-order valence-corrected chi connectivity index (χ4v) is 1.91. The lowest BCUT2D eigenvalue weighted by atomic mass is 10.2. The molecule has 0 aromatic heterocycles. The fraction of sp³-hybridized carbons (Fsp3) is 0.364. The van der Waals surface area contributed by atoms with E-state index in [2.05, 4.69) is 26.6 Å². The number of nitrogens with one attached hydrogen (secondary N) is 2. The minimum absolute atomic E-state index is 0.0104. The van der Waals surface area contributed by atoms with Gasteiger partial charge in [0.25, 0.3) is 5.91 Å². The van der Waals surface area contributed by atoms with Gasteiger partial charge in [-0.2, -0.15) is 0 Å². The van der Waals surface area contributed by atoms with Gasteiger partial charge in [-0.25, -0.2) is 0 Å². The Balaban J connectivity index is 1.98. The molecule has 0 bridgehead atoms. The molecule has 3 nitrogen and oxygen atoms in total. The largest absolute Gasteiger partial charge is 0.348 e. The van der Waals surface area contributed by atoms with Crippen molar-refractivity contribution in [1.29, 1.82) is 0 Å². The Morgan fingerprint density at radius 2 is 2.13 bits per heavy atom. The molecular formula is C11H13BrN2O. The molecule has 15 heavy (non-hydrogen) atoms. The molecule has 1 fully saturated rings. The van der Waals surface area contributed by atoms with Crippen molar-refractivity contribution in [3.05, 3.63) is 34.3 Å². The van der Waals surface area contributed by atoms with Gasteiger partial charge in [-0.1, -0.05) is 15.9 Å². The van der Waals surface area contributed by atoms with Gasteiger partial charge in [-0.15, -0.1) is 0 Å². The lowest BCUT2D eigenvalue weighted by Crippen LogP contribution is -2.36. The highest BCUT2D eigenvalue weighted by molar-refractivity contribution is 9.10. The summed E-state index contributed by atoms with van der Waals surface area (Å²) < 4.78 is 0.988. The zero-order valence-electron chi connectivity index (χ0n) is 8.29. The van der Waals surface area contributed by atoms with Gasteiger partial charge in [-0.3, -0.25) is 4.79 Å². The van der Waals surface area contributed by atoms with Gasteiger partial charge in [0.05, 0.1) is 0 Å². The van der Waals surface area contributed by atoms with Gasteiger partial charge in [0.2, 0.25) is 0 Å². The molecule has 1 aromatic rings. The van der Waals surface area contributed by atoms with Crippen molar-refractivity contribution in [2.24, 2.45) is 0 Å². The first-order valence-corrected chi connectivity index (χ1v) is 5.82. The van der Waals surface area contributed by atoms with Gasteiger partial charge in [0, 0.05) is 22.6 Å². The molecule has 0 unspecified atom stereocenters. The standard InChI is InChI=1S/C11H13BrN2O/c12-9-3-1-8(2-4-9)11(15)14-10-5-6-13-7-10/h1-4,10,13H,5-7H2,(H,14,15)/t10-/m0/s1. The molecule has 80 valence electrons. The Bertz CT molecular complexity index is 344. The molecule has 1 amide bonds. The molecule has 0 aliphatic carbocycles. The molecule has 1 atom stereocenters. The van der Waals surface area contributed by atoms with Crippen molar-refractivity contribution in [3.8, 4) is 0 Å². The molecule has 1 saturated heterocycles. The van der Waals surface area contributed by atoms with E-state index in [0.29, 0.717) is 5.56 Å². The summed E-state index contributed by atoms with van der Waals surface area (Å²) >= 11 is 3.34. The summed E-state index contributed by atoms with van der Waals surface area (Å²) in [5.41, 5.74) is 0.713. The maximum absolute atomic E-state index is 11.8. The minimum atomic E-state index is 0.0104. The first kappa shape index (κ1) is 10.6. The minimum Gasteiger partial charge on any atom is -0.348 e. The molecule has 0 radical (unpaired) electrons. The van der Waals surface area contributed by atoms with Gasteiger partial charge in [-0.05, 0) is 37.2 Å². The molecule has 2 N–H and O–H groups in total. The third-order valence-electron chi connectivity index (χ3n) is 2.50. The van der Waals surface area contributed by atoms with Crippen molar-refractivity contribution in [1.82, 2.24) is 10.6 Å². The van der Waals surface area contributed by atoms with Crippen LogP contribution in [-0.4, -0.2) is 25.0 Å². The summed E-state index contributed by atoms with van der Waals surface area (Å²) in [4.78, 5) is 11.8. The molecular weight excluding hydrogens is 256 g/mol. The van der Waals surface area contributed by atoms with Crippen molar-refractivity contribution >= 4 is 21.8 Å². The lowest BCUT2D eigenvalue weighted by molar-refractivity contribution is 0.0940. The van der Waals surface area contributed by atoms with Crippen LogP contribution >= 0.6 is 15.9 Å². The molecule has 1 aliphatic heterocycles. The Morgan fingerprint density at radius 3 is 2.73 bits per heavy atom. The molecule has 1 aromatic carbocycles. The molecule has 0 saturated carbocycles. The monoisotopic (exact) mass is 268 g/mol. The summed E-state index contributed by atoms with van der Waals surface area (Å²) in [5, 5.41) is 6.21. The molecule has 1 aliphatic rings. The van der Waals surface area contributed by atoms with Crippen LogP contribution in [0.3, 0.4) is 0 Å². The number of hydrogen-bond acceptors (Lipinski definition) is 2. The van der Waals surface area contributed by atoms with Gasteiger partial charge in [0.1, 0.15) is 0 Å². The van der Waals surface area contributed by atoms with Crippen LogP contribution in [-0.2, 0) is 0 Å². The van der Waals surface area contributed by atoms with Crippen LogP contribution in [0.5, 0.6) is 0 Å². The number of rotatable bonds is 2. The number of carbonyl (C=O) groups is 1. The zero-order chi connectivity index (χ0) is 10.7. The number of amides is 1. The summed E-state index contributed by atoms with van der Waals surface area (Å²) in [6.45, 7) is 1.87. The van der Waals surface area contributed by atoms with Gasteiger partial charge in [0.15, 0.2) is 0 Å². The normalized spacial score (nSPS) is 20.2. The summed E-state index contributed by atoms with van der Waals surface area (Å²) in [7, 11) is 0. The predicted octanol–water partition coefficient (Wildman–Crippen LogP) is 1.54. The second-order valence-corrected chi connectivity index (χ2v) is 4.59. The van der Waals surface area contributed by atoms with Crippen LogP contribution in [0.1, 0.15) is 16.8 Å². The van der Waals surface area contributed by atoms with Crippen LogP contribution in [0.25, 0.3) is 0 Å². The highest BCUT2D eigenvalue weighted by atomic mass is 79.9. The quantitative estimate of drug-likeness (QED) is 0.855. The van der Waals surface area contributed by atoms with Gasteiger partial charge < -0.3 is 10.6 Å². The molecule has 1 heterocycles. The predicted molar refractivity (Wildman–Crippen MR) is 62.9 cm³/mol. The average molecular weight is 269 g/mol. The Hall–Kier alpha value is -0.870. The van der Waals surface area contributed by atoms with E-state index in [9.17, 15) is 4.79 Å². The van der Waals surface area contributed by atoms with Gasteiger partial charge >= 0.3 is 0 Å². The van der Waals surface area contributed by atoms with E-state index >= 15 is 0 Å². The third-order valence-corrected chi connectivity index (χ3v) is 3.03. The van der Waals surface area contributed by atoms with Crippen molar-refractivity contribution in [2.75, 3.05) is 13.1 Å². The van der Waals surface area contributed by atoms with Crippen LogP contribution < -0.4 is 10.6 Å². The third kappa shape index (κ3) is 2.79. The number of carbonyl (C=O) groups excluding carboxylic acids is 1. The first-order valence-electron chi connectivity index (χ1n) is 5.03. The van der Waals surface area contributed by atoms with E-state index in [-0.39, 0.29) is 11.9 Å². The van der Waals surface area contributed by atoms with Crippen molar-refractivity contribution in [2.45, 2.75) is 12.5 Å². The van der Waals surface area contributed by atoms with E-state index in [1.807, 2.05) is 24.3 Å². The average Bonchev–Trinajstić information content (AvgIpc) is 2.71. The highest BCUT2D eigenvalue weighted by Gasteiger charge is 2.17. The van der Waals surface area contributed by atoms with E-state index in [0.717, 1.165) is 24.0 Å². The van der Waals surface area contributed by atoms with Crippen LogP contribution in [0.2, 0.25) is 0 Å². The SMILES string of the molecule is O=C(N[C@H]1CCNC1)c1ccc(Br)cc1. The number of halogens is 1.